The fourth-order valence-corrected chi connectivity index (χ4v) is 13.5. The van der Waals surface area contributed by atoms with Gasteiger partial charge in [0.05, 0.1) is 81.9 Å². The first-order valence-corrected chi connectivity index (χ1v) is 28.6. The number of carboxylic acid groups (broad SMARTS) is 4. The highest BCUT2D eigenvalue weighted by molar-refractivity contribution is 5.89. The number of ether oxygens (including phenoxy) is 4. The molecule has 0 unspecified atom stereocenters. The van der Waals surface area contributed by atoms with E-state index in [1.54, 1.807) is 0 Å². The second-order valence-electron chi connectivity index (χ2n) is 29.3. The molecule has 22 nitrogen and oxygen atoms in total. The topological polar surface area (TPSA) is 373 Å². The maximum atomic E-state index is 12.6. The third-order valence-corrected chi connectivity index (χ3v) is 14.9. The van der Waals surface area contributed by atoms with Crippen molar-refractivity contribution in [2.45, 2.75) is 319 Å². The molecule has 0 atom stereocenters. The second kappa shape index (κ2) is 28.2. The Morgan fingerprint density at radius 2 is 0.512 bits per heavy atom. The molecule has 80 heavy (non-hydrogen) atoms. The van der Waals surface area contributed by atoms with Crippen molar-refractivity contribution in [3.8, 4) is 0 Å². The molecule has 4 aliphatic heterocycles. The van der Waals surface area contributed by atoms with Gasteiger partial charge in [-0.25, -0.2) is 0 Å². The molecule has 0 aromatic rings. The summed E-state index contributed by atoms with van der Waals surface area (Å²) in [5, 5.41) is 73.6. The van der Waals surface area contributed by atoms with Crippen molar-refractivity contribution in [2.75, 3.05) is 0 Å². The highest BCUT2D eigenvalue weighted by Gasteiger charge is 2.49. The van der Waals surface area contributed by atoms with Gasteiger partial charge in [-0.3, -0.25) is 19.2 Å². The van der Waals surface area contributed by atoms with E-state index in [1.165, 1.54) is 0 Å². The van der Waals surface area contributed by atoms with Crippen LogP contribution in [0.25, 0.3) is 0 Å². The van der Waals surface area contributed by atoms with Gasteiger partial charge in [0, 0.05) is 63.3 Å². The van der Waals surface area contributed by atoms with Crippen LogP contribution in [0.5, 0.6) is 0 Å². The third-order valence-electron chi connectivity index (χ3n) is 14.9. The van der Waals surface area contributed by atoms with Crippen molar-refractivity contribution in [3.63, 3.8) is 0 Å². The van der Waals surface area contributed by atoms with Gasteiger partial charge in [-0.15, -0.1) is 0 Å². The fraction of sp³-hybridized carbons (Fsp3) is 0.862. The molecule has 4 aliphatic rings. The zero-order chi connectivity index (χ0) is 61.7. The smallest absolute Gasteiger partial charge is 0.309 e. The number of carbonyl (C=O) groups is 8. The SMILES string of the molecule is CC1(C)CC(OC(=O)CC(O)(CC(=O)OC2CC(C)(C)[NH2+]C(C)(C)C2)C(=O)[O-])CC(C)(C)[NH2+]1.CC1(C)CC(OC(=O)CC(O)(CC(=O)OC2CC(C)(C)[NH2+]C(C)(C)C2)C(=O)[O-])CC(C)(C)[NH2+]1.O=C([O-])CCCCCCCCC(=O)[O-]. The Balaban J connectivity index is 0.000000444. The van der Waals surface area contributed by atoms with Gasteiger partial charge < -0.3 is 90.0 Å². The van der Waals surface area contributed by atoms with Crippen molar-refractivity contribution < 1.29 is 109 Å². The number of hydrogen-bond donors (Lipinski definition) is 6. The number of quaternary nitrogens is 4. The van der Waals surface area contributed by atoms with E-state index in [1.807, 2.05) is 111 Å². The molecule has 4 saturated heterocycles. The van der Waals surface area contributed by atoms with Gasteiger partial charge in [0.2, 0.25) is 0 Å². The van der Waals surface area contributed by atoms with E-state index in [4.69, 9.17) is 18.9 Å². The van der Waals surface area contributed by atoms with Crippen molar-refractivity contribution in [3.05, 3.63) is 0 Å². The predicted molar refractivity (Wildman–Crippen MR) is 282 cm³/mol. The van der Waals surface area contributed by atoms with Gasteiger partial charge in [0.15, 0.2) is 0 Å². The predicted octanol–water partition coefficient (Wildman–Crippen LogP) is -2.59. The van der Waals surface area contributed by atoms with Gasteiger partial charge in [-0.1, -0.05) is 25.7 Å². The number of aliphatic carboxylic acids is 4. The summed E-state index contributed by atoms with van der Waals surface area (Å²) < 4.78 is 22.1. The first-order valence-electron chi connectivity index (χ1n) is 28.6. The van der Waals surface area contributed by atoms with Crippen molar-refractivity contribution >= 4 is 47.8 Å². The van der Waals surface area contributed by atoms with E-state index >= 15 is 0 Å². The minimum Gasteiger partial charge on any atom is -0.550 e. The van der Waals surface area contributed by atoms with Gasteiger partial charge >= 0.3 is 23.9 Å². The lowest BCUT2D eigenvalue weighted by atomic mass is 9.81. The number of nitrogens with two attached hydrogens (primary N) is 4. The fourth-order valence-electron chi connectivity index (χ4n) is 13.5. The highest BCUT2D eigenvalue weighted by Crippen LogP contribution is 2.31. The van der Waals surface area contributed by atoms with E-state index in [2.05, 4.69) is 21.3 Å². The molecule has 22 heteroatoms. The minimum atomic E-state index is -2.69. The van der Waals surface area contributed by atoms with Gasteiger partial charge in [0.1, 0.15) is 35.6 Å². The van der Waals surface area contributed by atoms with Crippen LogP contribution < -0.4 is 41.7 Å². The molecular formula is C58H102N4O18. The maximum Gasteiger partial charge on any atom is 0.309 e. The van der Waals surface area contributed by atoms with Crippen LogP contribution in [-0.2, 0) is 57.3 Å². The lowest BCUT2D eigenvalue weighted by molar-refractivity contribution is -0.790. The lowest BCUT2D eigenvalue weighted by Gasteiger charge is -2.43. The molecule has 462 valence electrons. The molecule has 4 fully saturated rings. The van der Waals surface area contributed by atoms with Crippen LogP contribution in [0.15, 0.2) is 0 Å². The number of rotatable bonds is 23. The zero-order valence-electron chi connectivity index (χ0n) is 51.2. The molecule has 0 aliphatic carbocycles. The quantitative estimate of drug-likeness (QED) is 0.0347. The summed E-state index contributed by atoms with van der Waals surface area (Å²) in [7, 11) is 0. The summed E-state index contributed by atoms with van der Waals surface area (Å²) in [5.74, 6) is -9.28. The summed E-state index contributed by atoms with van der Waals surface area (Å²) in [4.78, 5) is 93.7. The van der Waals surface area contributed by atoms with Crippen molar-refractivity contribution in [1.82, 2.24) is 0 Å². The largest absolute Gasteiger partial charge is 0.550 e. The van der Waals surface area contributed by atoms with Crippen molar-refractivity contribution in [1.29, 1.82) is 0 Å². The first-order chi connectivity index (χ1) is 36.1. The third kappa shape index (κ3) is 27.5. The summed E-state index contributed by atoms with van der Waals surface area (Å²) in [6.45, 7) is 32.8. The molecule has 0 saturated carbocycles. The molecule has 4 rings (SSSR count). The van der Waals surface area contributed by atoms with E-state index < -0.39 is 109 Å². The van der Waals surface area contributed by atoms with Crippen LogP contribution in [0.3, 0.4) is 0 Å². The zero-order valence-corrected chi connectivity index (χ0v) is 51.2. The Kier molecular flexibility index (Phi) is 25.2. The van der Waals surface area contributed by atoms with Gasteiger partial charge in [-0.05, 0) is 136 Å². The summed E-state index contributed by atoms with van der Waals surface area (Å²) in [6, 6.07) is 0. The van der Waals surface area contributed by atoms with E-state index in [0.717, 1.165) is 25.7 Å². The minimum absolute atomic E-state index is 0.124. The molecule has 0 bridgehead atoms. The average Bonchev–Trinajstić information content (AvgIpc) is 3.16. The number of hydrogen-bond acceptors (Lipinski definition) is 18. The molecule has 4 heterocycles. The van der Waals surface area contributed by atoms with E-state index in [9.17, 15) is 69.0 Å². The monoisotopic (exact) mass is 1140 g/mol. The molecule has 0 aromatic carbocycles. The average molecular weight is 1140 g/mol. The molecular weight excluding hydrogens is 1040 g/mol. The summed E-state index contributed by atoms with van der Waals surface area (Å²) in [5.41, 5.74) is -6.60. The number of aliphatic hydroxyl groups is 2. The number of carbonyl (C=O) groups excluding carboxylic acids is 8. The number of carboxylic acids is 4. The first kappa shape index (κ1) is 71.6. The van der Waals surface area contributed by atoms with E-state index in [0.29, 0.717) is 64.2 Å². The molecule has 0 radical (unpaired) electrons. The Morgan fingerprint density at radius 3 is 0.662 bits per heavy atom. The van der Waals surface area contributed by atoms with Crippen LogP contribution in [0.2, 0.25) is 0 Å². The molecule has 10 N–H and O–H groups in total. The van der Waals surface area contributed by atoms with Crippen LogP contribution in [0, 0.1) is 0 Å². The normalized spacial score (nSPS) is 22.1. The Morgan fingerprint density at radius 1 is 0.350 bits per heavy atom. The summed E-state index contributed by atoms with van der Waals surface area (Å²) >= 11 is 0. The Bertz CT molecular complexity index is 1830. The van der Waals surface area contributed by atoms with Crippen molar-refractivity contribution in [2.24, 2.45) is 0 Å². The second-order valence-corrected chi connectivity index (χ2v) is 29.3. The number of piperidine rings is 4. The lowest BCUT2D eigenvalue weighted by Crippen LogP contribution is -3.06. The Hall–Kier alpha value is -4.48. The van der Waals surface area contributed by atoms with Gasteiger partial charge in [-0.2, -0.15) is 0 Å². The van der Waals surface area contributed by atoms with Crippen LogP contribution >= 0.6 is 0 Å². The van der Waals surface area contributed by atoms with Gasteiger partial charge in [0.25, 0.3) is 0 Å². The highest BCUT2D eigenvalue weighted by atomic mass is 16.6. The number of esters is 4. The molecule has 0 spiro atoms. The standard InChI is InChI=1S/2C24H42N2O7.C10H18O4/c2*1-20(2)9-15(10-21(3,4)25-20)32-17(27)13-24(31,19(29)30)14-18(28)33-16-11-22(5,6)26-23(7,8)12-16;11-9(12)7-5-3-1-2-4-6-8-10(13)14/h2*15-16,25-26,31H,9-14H2,1-8H3,(H,29,30);1-8H2,(H,11,12)(H,13,14). The van der Waals surface area contributed by atoms with E-state index in [-0.39, 0.29) is 57.2 Å². The molecule has 0 aromatic heterocycles. The maximum absolute atomic E-state index is 12.6. The Labute approximate surface area is 474 Å². The number of unbranched alkanes of at least 4 members (excludes halogenated alkanes) is 5. The van der Waals surface area contributed by atoms with Crippen LogP contribution in [0.1, 0.15) is 239 Å². The van der Waals surface area contributed by atoms with Crippen LogP contribution in [-0.4, -0.2) is 138 Å². The summed E-state index contributed by atoms with van der Waals surface area (Å²) in [6.07, 6.45) is 4.86. The van der Waals surface area contributed by atoms with Crippen LogP contribution in [0.4, 0.5) is 0 Å². The molecule has 0 amide bonds.